The Bertz CT molecular complexity index is 21.2. The first kappa shape index (κ1) is 3.60. The van der Waals surface area contributed by atoms with E-state index >= 15 is 0 Å². The van der Waals surface area contributed by atoms with Crippen molar-refractivity contribution >= 4 is 6.21 Å². The van der Waals surface area contributed by atoms with Crippen molar-refractivity contribution in [2.45, 2.75) is 6.92 Å². The van der Waals surface area contributed by atoms with Gasteiger partial charge in [0.1, 0.15) is 0 Å². The average molecular weight is 61.1 g/mol. The third-order valence-electron chi connectivity index (χ3n) is 0.0976. The standard InChI is InChI=1S/C2H4FN/c1-2-4-3/h2H,1H3/b4-2-. The summed E-state index contributed by atoms with van der Waals surface area (Å²) in [4.78, 5) is 0. The summed E-state index contributed by atoms with van der Waals surface area (Å²) in [7, 11) is 0. The molecule has 24 valence electrons. The molecule has 0 heterocycles. The minimum atomic E-state index is 1.08. The van der Waals surface area contributed by atoms with Gasteiger partial charge in [-0.25, -0.2) is 0 Å². The molecule has 0 aliphatic rings. The molecule has 0 aliphatic carbocycles. The zero-order valence-electron chi connectivity index (χ0n) is 2.40. The van der Waals surface area contributed by atoms with Crippen molar-refractivity contribution in [2.24, 2.45) is 5.21 Å². The lowest BCUT2D eigenvalue weighted by Crippen LogP contribution is -1.40. The summed E-state index contributed by atoms with van der Waals surface area (Å²) in [6, 6.07) is 0. The monoisotopic (exact) mass is 61.0 g/mol. The van der Waals surface area contributed by atoms with Crippen molar-refractivity contribution in [3.63, 3.8) is 0 Å². The molecular formula is C2H4FN. The molecule has 0 bridgehead atoms. The molecule has 0 radical (unpaired) electrons. The number of nitrogens with zero attached hydrogens (tertiary/aromatic N) is 1. The van der Waals surface area contributed by atoms with Gasteiger partial charge in [0.2, 0.25) is 0 Å². The largest absolute Gasteiger partial charge is 0.100 e. The van der Waals surface area contributed by atoms with Gasteiger partial charge in [0, 0.05) is 6.21 Å². The van der Waals surface area contributed by atoms with E-state index in [2.05, 4.69) is 5.21 Å². The van der Waals surface area contributed by atoms with Crippen LogP contribution in [-0.4, -0.2) is 6.21 Å². The smallest absolute Gasteiger partial charge is 0.0343 e. The van der Waals surface area contributed by atoms with Gasteiger partial charge in [0.15, 0.2) is 0 Å². The summed E-state index contributed by atoms with van der Waals surface area (Å²) in [5, 5.41) is 2.11. The predicted octanol–water partition coefficient (Wildman–Crippen LogP) is 0.962. The molecule has 0 amide bonds. The highest BCUT2D eigenvalue weighted by molar-refractivity contribution is 5.51. The molecule has 0 unspecified atom stereocenters. The van der Waals surface area contributed by atoms with E-state index in [1.165, 1.54) is 6.92 Å². The third-order valence-corrected chi connectivity index (χ3v) is 0.0976. The Morgan fingerprint density at radius 1 is 2.00 bits per heavy atom. The molecule has 0 aromatic heterocycles. The lowest BCUT2D eigenvalue weighted by Gasteiger charge is -1.46. The van der Waals surface area contributed by atoms with Gasteiger partial charge in [-0.05, 0) is 6.92 Å². The van der Waals surface area contributed by atoms with Gasteiger partial charge in [-0.15, -0.1) is 5.21 Å². The molecule has 2 heteroatoms. The number of hydrogen-bond donors (Lipinski definition) is 0. The summed E-state index contributed by atoms with van der Waals surface area (Å²) in [5.74, 6) is 0. The Hall–Kier alpha value is -0.400. The second-order valence-electron chi connectivity index (χ2n) is 0.356. The Labute approximate surface area is 24.1 Å². The van der Waals surface area contributed by atoms with Crippen LogP contribution in [-0.2, 0) is 0 Å². The van der Waals surface area contributed by atoms with Gasteiger partial charge in [-0.3, -0.25) is 0 Å². The SMILES string of the molecule is C/C=N\F. The fourth-order valence-corrected chi connectivity index (χ4v) is 0. The van der Waals surface area contributed by atoms with Crippen molar-refractivity contribution in [1.29, 1.82) is 0 Å². The fourth-order valence-electron chi connectivity index (χ4n) is 0. The van der Waals surface area contributed by atoms with Crippen LogP contribution in [0.4, 0.5) is 4.48 Å². The van der Waals surface area contributed by atoms with E-state index in [0.29, 0.717) is 0 Å². The van der Waals surface area contributed by atoms with E-state index in [-0.39, 0.29) is 0 Å². The molecule has 0 spiro atoms. The Morgan fingerprint density at radius 3 is 2.25 bits per heavy atom. The van der Waals surface area contributed by atoms with Crippen molar-refractivity contribution in [1.82, 2.24) is 0 Å². The number of hydrogen-bond acceptors (Lipinski definition) is 1. The van der Waals surface area contributed by atoms with Crippen LogP contribution in [0.1, 0.15) is 6.92 Å². The first-order valence-electron chi connectivity index (χ1n) is 1.00. The molecule has 4 heavy (non-hydrogen) atoms. The highest BCUT2D eigenvalue weighted by Gasteiger charge is 1.38. The zero-order chi connectivity index (χ0) is 3.41. The third kappa shape index (κ3) is 1.60. The molecular weight excluding hydrogens is 57.0 g/mol. The first-order chi connectivity index (χ1) is 1.91. The van der Waals surface area contributed by atoms with Gasteiger partial charge in [0.25, 0.3) is 0 Å². The van der Waals surface area contributed by atoms with Crippen molar-refractivity contribution in [2.75, 3.05) is 0 Å². The minimum absolute atomic E-state index is 1.08. The van der Waals surface area contributed by atoms with Gasteiger partial charge >= 0.3 is 0 Å². The summed E-state index contributed by atoms with van der Waals surface area (Å²) >= 11 is 0. The topological polar surface area (TPSA) is 12.4 Å². The highest BCUT2D eigenvalue weighted by atomic mass is 19.2. The van der Waals surface area contributed by atoms with Gasteiger partial charge < -0.3 is 0 Å². The summed E-state index contributed by atoms with van der Waals surface area (Å²) in [6.45, 7) is 1.51. The van der Waals surface area contributed by atoms with E-state index in [9.17, 15) is 4.48 Å². The number of halogens is 1. The number of rotatable bonds is 0. The van der Waals surface area contributed by atoms with Crippen molar-refractivity contribution in [3.8, 4) is 0 Å². The molecule has 0 saturated heterocycles. The van der Waals surface area contributed by atoms with E-state index < -0.39 is 0 Å². The maximum Gasteiger partial charge on any atom is 0.0343 e. The van der Waals surface area contributed by atoms with Crippen LogP contribution < -0.4 is 0 Å². The second-order valence-corrected chi connectivity index (χ2v) is 0.356. The predicted molar refractivity (Wildman–Crippen MR) is 15.3 cm³/mol. The van der Waals surface area contributed by atoms with Crippen LogP contribution in [0.15, 0.2) is 5.21 Å². The molecule has 0 aromatic carbocycles. The summed E-state index contributed by atoms with van der Waals surface area (Å²) in [5.41, 5.74) is 0. The molecule has 0 atom stereocenters. The van der Waals surface area contributed by atoms with E-state index in [0.717, 1.165) is 6.21 Å². The molecule has 0 aliphatic heterocycles. The second kappa shape index (κ2) is 2.60. The van der Waals surface area contributed by atoms with Gasteiger partial charge in [-0.1, -0.05) is 4.48 Å². The maximum absolute atomic E-state index is 10.3. The Morgan fingerprint density at radius 2 is 2.25 bits per heavy atom. The summed E-state index contributed by atoms with van der Waals surface area (Å²) < 4.78 is 10.3. The molecule has 0 N–H and O–H groups in total. The first-order valence-corrected chi connectivity index (χ1v) is 1.00. The fraction of sp³-hybridized carbons (Fsp3) is 0.500. The summed E-state index contributed by atoms with van der Waals surface area (Å²) in [6.07, 6.45) is 1.08. The highest BCUT2D eigenvalue weighted by Crippen LogP contribution is 1.54. The van der Waals surface area contributed by atoms with Gasteiger partial charge in [0.05, 0.1) is 0 Å². The van der Waals surface area contributed by atoms with Crippen LogP contribution in [0.5, 0.6) is 0 Å². The maximum atomic E-state index is 10.3. The van der Waals surface area contributed by atoms with Crippen LogP contribution >= 0.6 is 0 Å². The van der Waals surface area contributed by atoms with Crippen LogP contribution in [0.3, 0.4) is 0 Å². The normalized spacial score (nSPS) is 9.50. The van der Waals surface area contributed by atoms with Crippen LogP contribution in [0, 0.1) is 0 Å². The van der Waals surface area contributed by atoms with Crippen LogP contribution in [0.2, 0.25) is 0 Å². The Balaban J connectivity index is 2.55. The minimum Gasteiger partial charge on any atom is -0.100 e. The quantitative estimate of drug-likeness (QED) is 0.370. The molecule has 0 aromatic rings. The molecule has 0 fully saturated rings. The van der Waals surface area contributed by atoms with Crippen LogP contribution in [0.25, 0.3) is 0 Å². The van der Waals surface area contributed by atoms with Crippen molar-refractivity contribution < 1.29 is 4.48 Å². The van der Waals surface area contributed by atoms with Crippen molar-refractivity contribution in [3.05, 3.63) is 0 Å². The van der Waals surface area contributed by atoms with E-state index in [1.807, 2.05) is 0 Å². The van der Waals surface area contributed by atoms with E-state index in [1.54, 1.807) is 0 Å². The van der Waals surface area contributed by atoms with E-state index in [4.69, 9.17) is 0 Å². The molecule has 0 saturated carbocycles. The lowest BCUT2D eigenvalue weighted by atomic mass is 10.9. The average Bonchev–Trinajstić information content (AvgIpc) is 1.37. The van der Waals surface area contributed by atoms with Gasteiger partial charge in [-0.2, -0.15) is 0 Å². The Kier molecular flexibility index (Phi) is 2.34. The zero-order valence-corrected chi connectivity index (χ0v) is 2.40. The molecule has 0 rings (SSSR count). The molecule has 1 nitrogen and oxygen atoms in total. The lowest BCUT2D eigenvalue weighted by molar-refractivity contribution is 0.540.